The standard InChI is InChI=1S/C25H30F3N3O/c1-30-14-16-31(17-15-30)13-7-6-12-24(23(32)29-18-25(26,27)28)21-10-4-2-8-19(21)20-9-3-5-11-22(20)24/h2-5,8-11H,6-7,12-18H2,1H3,(H,29,32). The van der Waals surface area contributed by atoms with Crippen molar-refractivity contribution < 1.29 is 18.0 Å². The van der Waals surface area contributed by atoms with Crippen molar-refractivity contribution in [2.75, 3.05) is 46.3 Å². The number of nitrogens with zero attached hydrogens (tertiary/aromatic N) is 2. The maximum atomic E-state index is 13.4. The first-order valence-corrected chi connectivity index (χ1v) is 11.3. The number of carbonyl (C=O) groups is 1. The zero-order valence-corrected chi connectivity index (χ0v) is 18.4. The van der Waals surface area contributed by atoms with Gasteiger partial charge >= 0.3 is 6.18 Å². The lowest BCUT2D eigenvalue weighted by molar-refractivity contribution is -0.141. The van der Waals surface area contributed by atoms with Crippen LogP contribution in [0.2, 0.25) is 0 Å². The molecule has 1 aliphatic heterocycles. The smallest absolute Gasteiger partial charge is 0.346 e. The number of benzene rings is 2. The molecule has 0 atom stereocenters. The Morgan fingerprint density at radius 3 is 2.06 bits per heavy atom. The Morgan fingerprint density at radius 1 is 0.938 bits per heavy atom. The third-order valence-electron chi connectivity index (χ3n) is 6.77. The molecule has 1 heterocycles. The van der Waals surface area contributed by atoms with E-state index in [2.05, 4.69) is 22.2 Å². The quantitative estimate of drug-likeness (QED) is 0.654. The highest BCUT2D eigenvalue weighted by Gasteiger charge is 2.49. The lowest BCUT2D eigenvalue weighted by atomic mass is 9.73. The van der Waals surface area contributed by atoms with E-state index in [-0.39, 0.29) is 0 Å². The Kier molecular flexibility index (Phi) is 6.58. The molecule has 32 heavy (non-hydrogen) atoms. The van der Waals surface area contributed by atoms with E-state index in [4.69, 9.17) is 0 Å². The largest absolute Gasteiger partial charge is 0.405 e. The molecule has 0 aromatic heterocycles. The average molecular weight is 446 g/mol. The maximum absolute atomic E-state index is 13.4. The van der Waals surface area contributed by atoms with Crippen LogP contribution in [0.1, 0.15) is 30.4 Å². The normalized spacial score (nSPS) is 18.2. The summed E-state index contributed by atoms with van der Waals surface area (Å²) in [6.45, 7) is 3.77. The Morgan fingerprint density at radius 2 is 1.50 bits per heavy atom. The SMILES string of the molecule is CN1CCN(CCCCC2(C(=O)NCC(F)(F)F)c3ccccc3-c3ccccc32)CC1. The monoisotopic (exact) mass is 445 g/mol. The Hall–Kier alpha value is -2.38. The molecule has 0 saturated carbocycles. The zero-order chi connectivity index (χ0) is 22.8. The van der Waals surface area contributed by atoms with E-state index in [1.165, 1.54) is 0 Å². The maximum Gasteiger partial charge on any atom is 0.405 e. The van der Waals surface area contributed by atoms with Gasteiger partial charge in [0, 0.05) is 26.2 Å². The number of hydrogen-bond acceptors (Lipinski definition) is 3. The molecule has 1 amide bonds. The van der Waals surface area contributed by atoms with Crippen LogP contribution < -0.4 is 5.32 Å². The summed E-state index contributed by atoms with van der Waals surface area (Å²) < 4.78 is 38.8. The summed E-state index contributed by atoms with van der Waals surface area (Å²) in [5.74, 6) is -0.563. The fourth-order valence-corrected chi connectivity index (χ4v) is 5.08. The molecule has 172 valence electrons. The van der Waals surface area contributed by atoms with Crippen LogP contribution in [0.25, 0.3) is 11.1 Å². The van der Waals surface area contributed by atoms with Crippen LogP contribution >= 0.6 is 0 Å². The number of hydrogen-bond donors (Lipinski definition) is 1. The number of rotatable bonds is 7. The summed E-state index contributed by atoms with van der Waals surface area (Å²) in [6, 6.07) is 15.2. The molecule has 0 bridgehead atoms. The number of piperazine rings is 1. The van der Waals surface area contributed by atoms with Crippen molar-refractivity contribution in [1.82, 2.24) is 15.1 Å². The number of fused-ring (bicyclic) bond motifs is 3. The van der Waals surface area contributed by atoms with Crippen LogP contribution in [0.15, 0.2) is 48.5 Å². The molecule has 0 spiro atoms. The summed E-state index contributed by atoms with van der Waals surface area (Å²) in [7, 11) is 2.12. The van der Waals surface area contributed by atoms with Gasteiger partial charge in [0.25, 0.3) is 0 Å². The molecule has 2 aromatic carbocycles. The first-order valence-electron chi connectivity index (χ1n) is 11.3. The highest BCUT2D eigenvalue weighted by molar-refractivity contribution is 6.00. The molecule has 1 saturated heterocycles. The first kappa shape index (κ1) is 22.8. The van der Waals surface area contributed by atoms with Crippen molar-refractivity contribution in [3.8, 4) is 11.1 Å². The van der Waals surface area contributed by atoms with Crippen molar-refractivity contribution in [1.29, 1.82) is 0 Å². The summed E-state index contributed by atoms with van der Waals surface area (Å²) in [5, 5.41) is 2.20. The lowest BCUT2D eigenvalue weighted by Crippen LogP contribution is -2.47. The summed E-state index contributed by atoms with van der Waals surface area (Å²) in [4.78, 5) is 18.2. The molecule has 7 heteroatoms. The highest BCUT2D eigenvalue weighted by atomic mass is 19.4. The number of amides is 1. The van der Waals surface area contributed by atoms with E-state index in [0.29, 0.717) is 6.42 Å². The Labute approximate surface area is 187 Å². The van der Waals surface area contributed by atoms with Crippen LogP contribution in [0.4, 0.5) is 13.2 Å². The highest BCUT2D eigenvalue weighted by Crippen LogP contribution is 2.51. The zero-order valence-electron chi connectivity index (χ0n) is 18.4. The van der Waals surface area contributed by atoms with E-state index >= 15 is 0 Å². The molecule has 1 aliphatic carbocycles. The van der Waals surface area contributed by atoms with Gasteiger partial charge < -0.3 is 15.1 Å². The van der Waals surface area contributed by atoms with Crippen molar-refractivity contribution in [2.24, 2.45) is 0 Å². The summed E-state index contributed by atoms with van der Waals surface area (Å²) in [6.07, 6.45) is -2.30. The van der Waals surface area contributed by atoms with Crippen molar-refractivity contribution in [3.63, 3.8) is 0 Å². The minimum Gasteiger partial charge on any atom is -0.346 e. The number of halogens is 3. The third kappa shape index (κ3) is 4.55. The van der Waals surface area contributed by atoms with Gasteiger partial charge in [0.15, 0.2) is 0 Å². The fourth-order valence-electron chi connectivity index (χ4n) is 5.08. The molecule has 0 unspecified atom stereocenters. The number of unbranched alkanes of at least 4 members (excludes halogenated alkanes) is 1. The van der Waals surface area contributed by atoms with Gasteiger partial charge in [-0.2, -0.15) is 13.2 Å². The average Bonchev–Trinajstić information content (AvgIpc) is 3.07. The summed E-state index contributed by atoms with van der Waals surface area (Å²) >= 11 is 0. The van der Waals surface area contributed by atoms with Gasteiger partial charge in [-0.15, -0.1) is 0 Å². The summed E-state index contributed by atoms with van der Waals surface area (Å²) in [5.41, 5.74) is 2.38. The second kappa shape index (κ2) is 9.24. The predicted molar refractivity (Wildman–Crippen MR) is 120 cm³/mol. The molecule has 1 N–H and O–H groups in total. The molecule has 0 radical (unpaired) electrons. The van der Waals surface area contributed by atoms with Crippen molar-refractivity contribution >= 4 is 5.91 Å². The number of carbonyl (C=O) groups excluding carboxylic acids is 1. The fraction of sp³-hybridized carbons (Fsp3) is 0.480. The lowest BCUT2D eigenvalue weighted by Gasteiger charge is -2.33. The predicted octanol–water partition coefficient (Wildman–Crippen LogP) is 4.05. The number of likely N-dealkylation sites (N-methyl/N-ethyl adjacent to an activating group) is 1. The number of alkyl halides is 3. The minimum atomic E-state index is -4.45. The molecular formula is C25H30F3N3O. The van der Waals surface area contributed by atoms with Crippen LogP contribution in [0, 0.1) is 0 Å². The second-order valence-electron chi connectivity index (χ2n) is 8.90. The first-order chi connectivity index (χ1) is 15.3. The number of nitrogens with one attached hydrogen (secondary N) is 1. The minimum absolute atomic E-state index is 0.485. The van der Waals surface area contributed by atoms with E-state index in [9.17, 15) is 18.0 Å². The van der Waals surface area contributed by atoms with Crippen molar-refractivity contribution in [3.05, 3.63) is 59.7 Å². The molecule has 1 fully saturated rings. The molecule has 4 rings (SSSR count). The van der Waals surface area contributed by atoms with Gasteiger partial charge in [-0.25, -0.2) is 0 Å². The Bertz CT molecular complexity index is 906. The van der Waals surface area contributed by atoms with Gasteiger partial charge in [0.2, 0.25) is 5.91 Å². The molecule has 4 nitrogen and oxygen atoms in total. The van der Waals surface area contributed by atoms with Gasteiger partial charge in [-0.3, -0.25) is 4.79 Å². The van der Waals surface area contributed by atoms with Gasteiger partial charge in [-0.1, -0.05) is 55.0 Å². The van der Waals surface area contributed by atoms with Crippen molar-refractivity contribution in [2.45, 2.75) is 30.9 Å². The van der Waals surface area contributed by atoms with Crippen LogP contribution in [0.5, 0.6) is 0 Å². The van der Waals surface area contributed by atoms with E-state index in [1.807, 2.05) is 48.5 Å². The molecular weight excluding hydrogens is 415 g/mol. The van der Waals surface area contributed by atoms with E-state index in [1.54, 1.807) is 0 Å². The molecule has 2 aliphatic rings. The molecule has 2 aromatic rings. The van der Waals surface area contributed by atoms with Gasteiger partial charge in [0.1, 0.15) is 12.0 Å². The van der Waals surface area contributed by atoms with E-state index < -0.39 is 24.0 Å². The Balaban J connectivity index is 1.58. The van der Waals surface area contributed by atoms with Gasteiger partial charge in [0.05, 0.1) is 0 Å². The van der Waals surface area contributed by atoms with Crippen LogP contribution in [0.3, 0.4) is 0 Å². The topological polar surface area (TPSA) is 35.6 Å². The third-order valence-corrected chi connectivity index (χ3v) is 6.77. The second-order valence-corrected chi connectivity index (χ2v) is 8.90. The van der Waals surface area contributed by atoms with Gasteiger partial charge in [-0.05, 0) is 48.7 Å². The van der Waals surface area contributed by atoms with Crippen LogP contribution in [-0.4, -0.2) is 68.2 Å². The van der Waals surface area contributed by atoms with Crippen LogP contribution in [-0.2, 0) is 10.2 Å². The van der Waals surface area contributed by atoms with E-state index in [0.717, 1.165) is 67.8 Å².